The van der Waals surface area contributed by atoms with E-state index in [1.165, 1.54) is 0 Å². The maximum atomic E-state index is 12.9. The van der Waals surface area contributed by atoms with Crippen molar-refractivity contribution in [3.63, 3.8) is 0 Å². The summed E-state index contributed by atoms with van der Waals surface area (Å²) in [7, 11) is 0. The van der Waals surface area contributed by atoms with Gasteiger partial charge in [0.15, 0.2) is 5.65 Å². The first-order valence-electron chi connectivity index (χ1n) is 10.2. The SMILES string of the molecule is Cc1cc2nc(C)c(CCC(=O)NC(c3ccccc3)c3ccccc3)c(C)n2n1. The van der Waals surface area contributed by atoms with Crippen LogP contribution >= 0.6 is 0 Å². The molecule has 1 N–H and O–H groups in total. The van der Waals surface area contributed by atoms with Gasteiger partial charge >= 0.3 is 0 Å². The predicted molar refractivity (Wildman–Crippen MR) is 118 cm³/mol. The molecule has 4 aromatic rings. The number of aromatic nitrogens is 3. The number of carbonyl (C=O) groups is 1. The highest BCUT2D eigenvalue weighted by molar-refractivity contribution is 5.77. The maximum absolute atomic E-state index is 12.9. The van der Waals surface area contributed by atoms with Gasteiger partial charge in [0.2, 0.25) is 5.91 Å². The number of hydrogen-bond acceptors (Lipinski definition) is 3. The Labute approximate surface area is 176 Å². The van der Waals surface area contributed by atoms with Crippen LogP contribution in [0.5, 0.6) is 0 Å². The number of hydrogen-bond donors (Lipinski definition) is 1. The number of nitrogens with one attached hydrogen (secondary N) is 1. The molecule has 4 rings (SSSR count). The van der Waals surface area contributed by atoms with Crippen molar-refractivity contribution < 1.29 is 4.79 Å². The summed E-state index contributed by atoms with van der Waals surface area (Å²) in [6.07, 6.45) is 1.02. The fraction of sp³-hybridized carbons (Fsp3) is 0.240. The third-order valence-corrected chi connectivity index (χ3v) is 5.46. The van der Waals surface area contributed by atoms with Gasteiger partial charge in [0.05, 0.1) is 11.7 Å². The lowest BCUT2D eigenvalue weighted by molar-refractivity contribution is -0.121. The number of fused-ring (bicyclic) bond motifs is 1. The van der Waals surface area contributed by atoms with Gasteiger partial charge in [-0.3, -0.25) is 4.79 Å². The first kappa shape index (κ1) is 19.8. The van der Waals surface area contributed by atoms with Gasteiger partial charge in [-0.2, -0.15) is 5.10 Å². The van der Waals surface area contributed by atoms with Crippen molar-refractivity contribution in [2.75, 3.05) is 0 Å². The molecule has 5 heteroatoms. The van der Waals surface area contributed by atoms with Crippen LogP contribution in [0.2, 0.25) is 0 Å². The van der Waals surface area contributed by atoms with Crippen LogP contribution < -0.4 is 5.32 Å². The summed E-state index contributed by atoms with van der Waals surface area (Å²) >= 11 is 0. The highest BCUT2D eigenvalue weighted by atomic mass is 16.1. The summed E-state index contributed by atoms with van der Waals surface area (Å²) in [4.78, 5) is 17.6. The molecule has 0 aliphatic carbocycles. The van der Waals surface area contributed by atoms with Crippen molar-refractivity contribution >= 4 is 11.6 Å². The largest absolute Gasteiger partial charge is 0.345 e. The van der Waals surface area contributed by atoms with Gasteiger partial charge in [-0.25, -0.2) is 9.50 Å². The Morgan fingerprint density at radius 3 is 2.17 bits per heavy atom. The molecule has 2 aromatic heterocycles. The minimum Gasteiger partial charge on any atom is -0.345 e. The van der Waals surface area contributed by atoms with Crippen molar-refractivity contribution in [2.45, 2.75) is 39.7 Å². The van der Waals surface area contributed by atoms with Gasteiger partial charge < -0.3 is 5.32 Å². The van der Waals surface area contributed by atoms with E-state index in [0.717, 1.165) is 39.4 Å². The highest BCUT2D eigenvalue weighted by Gasteiger charge is 2.18. The Bertz CT molecular complexity index is 1130. The Balaban J connectivity index is 1.53. The third kappa shape index (κ3) is 4.10. The van der Waals surface area contributed by atoms with Crippen LogP contribution in [0.25, 0.3) is 5.65 Å². The van der Waals surface area contributed by atoms with Crippen LogP contribution in [0.1, 0.15) is 46.2 Å². The molecule has 2 heterocycles. The average Bonchev–Trinajstić information content (AvgIpc) is 3.13. The minimum atomic E-state index is -0.170. The molecule has 2 aromatic carbocycles. The Kier molecular flexibility index (Phi) is 5.61. The van der Waals surface area contributed by atoms with Gasteiger partial charge in [-0.1, -0.05) is 60.7 Å². The molecule has 0 saturated heterocycles. The third-order valence-electron chi connectivity index (χ3n) is 5.46. The second-order valence-corrected chi connectivity index (χ2v) is 7.64. The lowest BCUT2D eigenvalue weighted by Crippen LogP contribution is -2.29. The molecule has 0 bridgehead atoms. The zero-order valence-corrected chi connectivity index (χ0v) is 17.6. The molecule has 0 spiro atoms. The number of benzene rings is 2. The van der Waals surface area contributed by atoms with Crippen LogP contribution in [0, 0.1) is 20.8 Å². The highest BCUT2D eigenvalue weighted by Crippen LogP contribution is 2.22. The lowest BCUT2D eigenvalue weighted by Gasteiger charge is -2.20. The maximum Gasteiger partial charge on any atom is 0.221 e. The number of nitrogens with zero attached hydrogens (tertiary/aromatic N) is 3. The number of amides is 1. The summed E-state index contributed by atoms with van der Waals surface area (Å²) in [6, 6.07) is 21.9. The fourth-order valence-electron chi connectivity index (χ4n) is 3.92. The first-order valence-corrected chi connectivity index (χ1v) is 10.2. The molecule has 30 heavy (non-hydrogen) atoms. The number of rotatable bonds is 6. The van der Waals surface area contributed by atoms with E-state index in [2.05, 4.69) is 15.4 Å². The molecule has 0 fully saturated rings. The standard InChI is InChI=1S/C25H26N4O/c1-17-16-23-26-18(2)22(19(3)29(23)28-17)14-15-24(30)27-25(20-10-6-4-7-11-20)21-12-8-5-9-13-21/h4-13,16,25H,14-15H2,1-3H3,(H,27,30). The summed E-state index contributed by atoms with van der Waals surface area (Å²) in [5, 5.41) is 7.74. The molecular formula is C25H26N4O. The topological polar surface area (TPSA) is 59.3 Å². The van der Waals surface area contributed by atoms with Crippen molar-refractivity contribution in [1.82, 2.24) is 19.9 Å². The van der Waals surface area contributed by atoms with Gasteiger partial charge in [0.25, 0.3) is 0 Å². The Hall–Kier alpha value is -3.47. The molecule has 1 amide bonds. The van der Waals surface area contributed by atoms with Crippen LogP contribution in [-0.4, -0.2) is 20.5 Å². The molecule has 0 atom stereocenters. The minimum absolute atomic E-state index is 0.0169. The van der Waals surface area contributed by atoms with Gasteiger partial charge in [0.1, 0.15) is 0 Å². The molecule has 0 aliphatic rings. The van der Waals surface area contributed by atoms with Crippen molar-refractivity contribution in [3.8, 4) is 0 Å². The molecule has 0 radical (unpaired) electrons. The molecule has 0 aliphatic heterocycles. The molecule has 0 unspecified atom stereocenters. The summed E-state index contributed by atoms with van der Waals surface area (Å²) in [5.41, 5.74) is 7.00. The van der Waals surface area contributed by atoms with E-state index in [-0.39, 0.29) is 11.9 Å². The molecule has 0 saturated carbocycles. The average molecular weight is 399 g/mol. The van der Waals surface area contributed by atoms with E-state index in [1.54, 1.807) is 0 Å². The Morgan fingerprint density at radius 2 is 1.57 bits per heavy atom. The van der Waals surface area contributed by atoms with Crippen molar-refractivity contribution in [2.24, 2.45) is 0 Å². The van der Waals surface area contributed by atoms with E-state index < -0.39 is 0 Å². The zero-order chi connectivity index (χ0) is 21.1. The summed E-state index contributed by atoms with van der Waals surface area (Å²) in [6.45, 7) is 6.00. The first-order chi connectivity index (χ1) is 14.5. The van der Waals surface area contributed by atoms with Crippen molar-refractivity contribution in [3.05, 3.63) is 101 Å². The van der Waals surface area contributed by atoms with Gasteiger partial charge in [0, 0.05) is 23.9 Å². The van der Waals surface area contributed by atoms with Gasteiger partial charge in [-0.15, -0.1) is 0 Å². The lowest BCUT2D eigenvalue weighted by atomic mass is 9.98. The van der Waals surface area contributed by atoms with Crippen LogP contribution in [0.3, 0.4) is 0 Å². The van der Waals surface area contributed by atoms with E-state index in [4.69, 9.17) is 0 Å². The van der Waals surface area contributed by atoms with Crippen LogP contribution in [0.4, 0.5) is 0 Å². The smallest absolute Gasteiger partial charge is 0.221 e. The van der Waals surface area contributed by atoms with E-state index in [9.17, 15) is 4.79 Å². The quantitative estimate of drug-likeness (QED) is 0.520. The Morgan fingerprint density at radius 1 is 0.967 bits per heavy atom. The van der Waals surface area contributed by atoms with Crippen LogP contribution in [-0.2, 0) is 11.2 Å². The summed E-state index contributed by atoms with van der Waals surface area (Å²) < 4.78 is 1.87. The number of aryl methyl sites for hydroxylation is 3. The van der Waals surface area contributed by atoms with Gasteiger partial charge in [-0.05, 0) is 43.9 Å². The molecule has 5 nitrogen and oxygen atoms in total. The van der Waals surface area contributed by atoms with Crippen LogP contribution in [0.15, 0.2) is 66.7 Å². The normalized spacial score (nSPS) is 11.2. The van der Waals surface area contributed by atoms with Crippen molar-refractivity contribution in [1.29, 1.82) is 0 Å². The zero-order valence-electron chi connectivity index (χ0n) is 17.6. The fourth-order valence-corrected chi connectivity index (χ4v) is 3.92. The predicted octanol–water partition coefficient (Wildman–Crippen LogP) is 4.49. The van der Waals surface area contributed by atoms with E-state index in [0.29, 0.717) is 12.8 Å². The number of carbonyl (C=O) groups excluding carboxylic acids is 1. The molecule has 152 valence electrons. The molecular weight excluding hydrogens is 372 g/mol. The van der Waals surface area contributed by atoms with E-state index >= 15 is 0 Å². The summed E-state index contributed by atoms with van der Waals surface area (Å²) in [5.74, 6) is 0.0169. The monoisotopic (exact) mass is 398 g/mol. The second kappa shape index (κ2) is 8.49. The van der Waals surface area contributed by atoms with E-state index in [1.807, 2.05) is 92.0 Å². The second-order valence-electron chi connectivity index (χ2n) is 7.64.